The number of esters is 1. The van der Waals surface area contributed by atoms with Crippen molar-refractivity contribution in [1.29, 1.82) is 0 Å². The molecule has 0 rings (SSSR count). The molecule has 1 N–H and O–H groups in total. The van der Waals surface area contributed by atoms with Gasteiger partial charge in [0, 0.05) is 0 Å². The molecule has 0 radical (unpaired) electrons. The van der Waals surface area contributed by atoms with Crippen LogP contribution in [-0.2, 0) is 14.3 Å². The second kappa shape index (κ2) is 5.67. The van der Waals surface area contributed by atoms with Gasteiger partial charge in [0.25, 0.3) is 0 Å². The molecule has 16 heavy (non-hydrogen) atoms. The predicted molar refractivity (Wildman–Crippen MR) is 55.7 cm³/mol. The Morgan fingerprint density at radius 2 is 1.81 bits per heavy atom. The van der Waals surface area contributed by atoms with Crippen molar-refractivity contribution in [2.24, 2.45) is 0 Å². The first-order valence-corrected chi connectivity index (χ1v) is 4.89. The maximum Gasteiger partial charge on any atom is 0.408 e. The second-order valence-electron chi connectivity index (χ2n) is 4.32. The standard InChI is InChI=1S/C10H18FNO4/c1-6(11)7(8(13)15-5)12-9(14)16-10(2,3)4/h6-7H,1-5H3,(H,12,14)/t6-,7-/m0/s1. The van der Waals surface area contributed by atoms with E-state index in [1.54, 1.807) is 20.8 Å². The zero-order valence-electron chi connectivity index (χ0n) is 10.2. The normalized spacial score (nSPS) is 14.9. The molecule has 0 aromatic carbocycles. The van der Waals surface area contributed by atoms with Gasteiger partial charge >= 0.3 is 12.1 Å². The molecule has 6 heteroatoms. The largest absolute Gasteiger partial charge is 0.467 e. The van der Waals surface area contributed by atoms with Crippen molar-refractivity contribution in [1.82, 2.24) is 5.32 Å². The number of carbonyl (C=O) groups is 2. The van der Waals surface area contributed by atoms with E-state index in [-0.39, 0.29) is 0 Å². The summed E-state index contributed by atoms with van der Waals surface area (Å²) in [5, 5.41) is 2.11. The number of hydrogen-bond donors (Lipinski definition) is 1. The van der Waals surface area contributed by atoms with E-state index in [2.05, 4.69) is 10.1 Å². The molecule has 0 aliphatic carbocycles. The Kier molecular flexibility index (Phi) is 5.20. The van der Waals surface area contributed by atoms with Crippen LogP contribution in [0.2, 0.25) is 0 Å². The molecular weight excluding hydrogens is 217 g/mol. The van der Waals surface area contributed by atoms with Crippen LogP contribution in [0.1, 0.15) is 27.7 Å². The summed E-state index contributed by atoms with van der Waals surface area (Å²) in [6, 6.07) is -1.35. The van der Waals surface area contributed by atoms with E-state index in [4.69, 9.17) is 4.74 Å². The highest BCUT2D eigenvalue weighted by molar-refractivity contribution is 5.81. The quantitative estimate of drug-likeness (QED) is 0.751. The molecule has 0 saturated carbocycles. The fourth-order valence-corrected chi connectivity index (χ4v) is 0.923. The minimum atomic E-state index is -1.56. The van der Waals surface area contributed by atoms with Gasteiger partial charge in [-0.25, -0.2) is 14.0 Å². The first-order valence-electron chi connectivity index (χ1n) is 4.89. The number of alkyl halides is 1. The number of alkyl carbamates (subject to hydrolysis) is 1. The zero-order chi connectivity index (χ0) is 12.9. The molecule has 5 nitrogen and oxygen atoms in total. The second-order valence-corrected chi connectivity index (χ2v) is 4.32. The van der Waals surface area contributed by atoms with Crippen LogP contribution >= 0.6 is 0 Å². The first-order chi connectivity index (χ1) is 7.17. The molecule has 1 amide bonds. The van der Waals surface area contributed by atoms with Gasteiger partial charge < -0.3 is 14.8 Å². The van der Waals surface area contributed by atoms with Gasteiger partial charge in [0.1, 0.15) is 11.8 Å². The maximum absolute atomic E-state index is 13.0. The van der Waals surface area contributed by atoms with E-state index >= 15 is 0 Å². The number of ether oxygens (including phenoxy) is 2. The number of carbonyl (C=O) groups excluding carboxylic acids is 2. The third-order valence-electron chi connectivity index (χ3n) is 1.59. The molecule has 0 saturated heterocycles. The smallest absolute Gasteiger partial charge is 0.408 e. The van der Waals surface area contributed by atoms with E-state index in [0.717, 1.165) is 14.0 Å². The Bertz CT molecular complexity index is 260. The van der Waals surface area contributed by atoms with Crippen molar-refractivity contribution >= 4 is 12.1 Å². The molecule has 2 atom stereocenters. The number of rotatable bonds is 3. The Morgan fingerprint density at radius 1 is 1.31 bits per heavy atom. The van der Waals surface area contributed by atoms with Gasteiger partial charge in [-0.2, -0.15) is 0 Å². The van der Waals surface area contributed by atoms with Crippen molar-refractivity contribution in [3.63, 3.8) is 0 Å². The van der Waals surface area contributed by atoms with Gasteiger partial charge in [-0.1, -0.05) is 0 Å². The summed E-state index contributed by atoms with van der Waals surface area (Å²) in [5.74, 6) is -0.846. The Morgan fingerprint density at radius 3 is 2.12 bits per heavy atom. The number of amides is 1. The van der Waals surface area contributed by atoms with Gasteiger partial charge in [-0.05, 0) is 27.7 Å². The number of nitrogens with one attached hydrogen (secondary N) is 1. The van der Waals surface area contributed by atoms with E-state index < -0.39 is 29.9 Å². The maximum atomic E-state index is 13.0. The molecule has 0 aromatic heterocycles. The van der Waals surface area contributed by atoms with Crippen LogP contribution in [0.4, 0.5) is 9.18 Å². The van der Waals surface area contributed by atoms with Crippen LogP contribution in [0.25, 0.3) is 0 Å². The summed E-state index contributed by atoms with van der Waals surface area (Å²) in [6.07, 6.45) is -2.41. The number of hydrogen-bond acceptors (Lipinski definition) is 4. The lowest BCUT2D eigenvalue weighted by Gasteiger charge is -2.23. The van der Waals surface area contributed by atoms with Crippen LogP contribution in [0.3, 0.4) is 0 Å². The van der Waals surface area contributed by atoms with Gasteiger partial charge in [0.2, 0.25) is 0 Å². The lowest BCUT2D eigenvalue weighted by atomic mass is 10.2. The summed E-state index contributed by atoms with van der Waals surface area (Å²) in [4.78, 5) is 22.4. The molecule has 0 unspecified atom stereocenters. The fraction of sp³-hybridized carbons (Fsp3) is 0.800. The zero-order valence-corrected chi connectivity index (χ0v) is 10.2. The van der Waals surface area contributed by atoms with Crippen LogP contribution in [0.15, 0.2) is 0 Å². The lowest BCUT2D eigenvalue weighted by Crippen LogP contribution is -2.48. The summed E-state index contributed by atoms with van der Waals surface area (Å²) in [6.45, 7) is 6.15. The highest BCUT2D eigenvalue weighted by atomic mass is 19.1. The third kappa shape index (κ3) is 5.53. The highest BCUT2D eigenvalue weighted by Crippen LogP contribution is 2.08. The molecule has 0 fully saturated rings. The van der Waals surface area contributed by atoms with E-state index in [1.807, 2.05) is 0 Å². The van der Waals surface area contributed by atoms with Crippen LogP contribution in [-0.4, -0.2) is 37.0 Å². The summed E-state index contributed by atoms with van der Waals surface area (Å²) >= 11 is 0. The molecule has 0 aromatic rings. The van der Waals surface area contributed by atoms with E-state index in [9.17, 15) is 14.0 Å². The Balaban J connectivity index is 4.42. The van der Waals surface area contributed by atoms with Gasteiger partial charge in [0.05, 0.1) is 7.11 Å². The average Bonchev–Trinajstić information content (AvgIpc) is 2.09. The SMILES string of the molecule is COC(=O)[C@@H](NC(=O)OC(C)(C)C)[C@H](C)F. The number of halogens is 1. The number of methoxy groups -OCH3 is 1. The van der Waals surface area contributed by atoms with Crippen molar-refractivity contribution in [3.8, 4) is 0 Å². The van der Waals surface area contributed by atoms with Crippen molar-refractivity contribution in [3.05, 3.63) is 0 Å². The van der Waals surface area contributed by atoms with E-state index in [0.29, 0.717) is 0 Å². The molecule has 94 valence electrons. The highest BCUT2D eigenvalue weighted by Gasteiger charge is 2.29. The van der Waals surface area contributed by atoms with Gasteiger partial charge in [-0.15, -0.1) is 0 Å². The topological polar surface area (TPSA) is 64.6 Å². The lowest BCUT2D eigenvalue weighted by molar-refractivity contribution is -0.144. The Labute approximate surface area is 94.3 Å². The van der Waals surface area contributed by atoms with Crippen LogP contribution in [0, 0.1) is 0 Å². The minimum Gasteiger partial charge on any atom is -0.467 e. The molecular formula is C10H18FNO4. The van der Waals surface area contributed by atoms with Crippen molar-refractivity contribution in [2.45, 2.75) is 45.5 Å². The predicted octanol–water partition coefficient (Wildman–Crippen LogP) is 1.41. The van der Waals surface area contributed by atoms with Gasteiger partial charge in [0.15, 0.2) is 6.04 Å². The molecule has 0 spiro atoms. The summed E-state index contributed by atoms with van der Waals surface area (Å²) < 4.78 is 22.3. The monoisotopic (exact) mass is 235 g/mol. The van der Waals surface area contributed by atoms with Crippen molar-refractivity contribution in [2.75, 3.05) is 7.11 Å². The summed E-state index contributed by atoms with van der Waals surface area (Å²) in [5.41, 5.74) is -0.704. The van der Waals surface area contributed by atoms with E-state index in [1.165, 1.54) is 0 Å². The van der Waals surface area contributed by atoms with Crippen molar-refractivity contribution < 1.29 is 23.5 Å². The molecule has 0 heterocycles. The molecule has 0 aliphatic heterocycles. The summed E-state index contributed by atoms with van der Waals surface area (Å²) in [7, 11) is 1.12. The Hall–Kier alpha value is -1.33. The molecule has 0 bridgehead atoms. The van der Waals surface area contributed by atoms with Crippen LogP contribution in [0.5, 0.6) is 0 Å². The third-order valence-corrected chi connectivity index (χ3v) is 1.59. The van der Waals surface area contributed by atoms with Crippen LogP contribution < -0.4 is 5.32 Å². The van der Waals surface area contributed by atoms with Gasteiger partial charge in [-0.3, -0.25) is 0 Å². The molecule has 0 aliphatic rings. The average molecular weight is 235 g/mol. The first kappa shape index (κ1) is 14.7. The fourth-order valence-electron chi connectivity index (χ4n) is 0.923. The minimum absolute atomic E-state index is 0.704.